The molecule has 1 fully saturated rings. The predicted octanol–water partition coefficient (Wildman–Crippen LogP) is 3.34. The molecule has 32 heavy (non-hydrogen) atoms. The zero-order valence-electron chi connectivity index (χ0n) is 17.8. The van der Waals surface area contributed by atoms with Crippen molar-refractivity contribution in [2.75, 3.05) is 12.8 Å². The molecule has 0 aliphatic heterocycles. The number of nitrogen functional groups attached to an aromatic ring is 1. The van der Waals surface area contributed by atoms with Crippen LogP contribution in [0, 0.1) is 5.92 Å². The van der Waals surface area contributed by atoms with Gasteiger partial charge in [-0.05, 0) is 37.4 Å². The van der Waals surface area contributed by atoms with Gasteiger partial charge in [-0.1, -0.05) is 29.4 Å². The van der Waals surface area contributed by atoms with Crippen LogP contribution in [0.2, 0.25) is 0 Å². The molecule has 1 aliphatic carbocycles. The standard InChI is InChI=1S/C24H24N6O2/c1-26-11-15-4-6-17(7-5-15)19-10-21(32-29-19)23-24(25)27-12-20(28-23)18-8-9-22(31)30(14-18)13-16-2-3-16/h4-10,12,14,16,26H,2-3,11,13H2,1H3,(H2,25,27). The second kappa shape index (κ2) is 8.39. The Morgan fingerprint density at radius 3 is 2.66 bits per heavy atom. The molecule has 0 radical (unpaired) electrons. The SMILES string of the molecule is CNCc1ccc(-c2cc(-c3nc(-c4ccc(=O)n(CC5CC5)c4)cnc3N)on2)cc1. The normalized spacial score (nSPS) is 13.4. The summed E-state index contributed by atoms with van der Waals surface area (Å²) in [5.41, 5.74) is 10.8. The largest absolute Gasteiger partial charge is 0.382 e. The molecule has 0 spiro atoms. The van der Waals surface area contributed by atoms with E-state index >= 15 is 0 Å². The molecule has 4 aromatic rings. The van der Waals surface area contributed by atoms with Crippen molar-refractivity contribution in [3.63, 3.8) is 0 Å². The maximum Gasteiger partial charge on any atom is 0.250 e. The Bertz CT molecular complexity index is 1300. The van der Waals surface area contributed by atoms with Gasteiger partial charge in [0.1, 0.15) is 5.69 Å². The van der Waals surface area contributed by atoms with Crippen LogP contribution >= 0.6 is 0 Å². The molecule has 0 saturated heterocycles. The molecule has 5 rings (SSSR count). The average molecular weight is 428 g/mol. The topological polar surface area (TPSA) is 112 Å². The fraction of sp³-hybridized carbons (Fsp3) is 0.250. The number of hydrogen-bond acceptors (Lipinski definition) is 7. The average Bonchev–Trinajstić information content (AvgIpc) is 3.49. The van der Waals surface area contributed by atoms with Crippen LogP contribution in [0.5, 0.6) is 0 Å². The monoisotopic (exact) mass is 428 g/mol. The van der Waals surface area contributed by atoms with E-state index in [1.54, 1.807) is 22.9 Å². The van der Waals surface area contributed by atoms with Crippen molar-refractivity contribution in [2.24, 2.45) is 5.92 Å². The Labute approximate surface area is 185 Å². The lowest BCUT2D eigenvalue weighted by molar-refractivity contribution is 0.434. The number of nitrogens with zero attached hydrogens (tertiary/aromatic N) is 4. The van der Waals surface area contributed by atoms with E-state index in [9.17, 15) is 4.79 Å². The van der Waals surface area contributed by atoms with E-state index in [0.717, 1.165) is 24.2 Å². The Morgan fingerprint density at radius 1 is 1.12 bits per heavy atom. The second-order valence-electron chi connectivity index (χ2n) is 8.14. The number of hydrogen-bond donors (Lipinski definition) is 2. The van der Waals surface area contributed by atoms with E-state index in [1.807, 2.05) is 43.6 Å². The molecule has 3 heterocycles. The molecular weight excluding hydrogens is 404 g/mol. The summed E-state index contributed by atoms with van der Waals surface area (Å²) in [6.45, 7) is 1.54. The van der Waals surface area contributed by atoms with Crippen LogP contribution in [-0.4, -0.2) is 26.7 Å². The molecule has 8 nitrogen and oxygen atoms in total. The van der Waals surface area contributed by atoms with Crippen LogP contribution in [-0.2, 0) is 13.1 Å². The zero-order valence-corrected chi connectivity index (χ0v) is 17.8. The summed E-state index contributed by atoms with van der Waals surface area (Å²) < 4.78 is 7.30. The first kappa shape index (κ1) is 20.1. The van der Waals surface area contributed by atoms with Gasteiger partial charge in [-0.3, -0.25) is 4.79 Å². The van der Waals surface area contributed by atoms with Gasteiger partial charge in [-0.2, -0.15) is 0 Å². The Kier molecular flexibility index (Phi) is 5.28. The highest BCUT2D eigenvalue weighted by Crippen LogP contribution is 2.31. The third-order valence-corrected chi connectivity index (χ3v) is 5.61. The van der Waals surface area contributed by atoms with Crippen molar-refractivity contribution in [2.45, 2.75) is 25.9 Å². The first-order valence-electron chi connectivity index (χ1n) is 10.6. The number of nitrogens with one attached hydrogen (secondary N) is 1. The van der Waals surface area contributed by atoms with Gasteiger partial charge in [0.15, 0.2) is 17.3 Å². The van der Waals surface area contributed by atoms with E-state index in [1.165, 1.54) is 18.4 Å². The van der Waals surface area contributed by atoms with E-state index in [2.05, 4.69) is 20.4 Å². The van der Waals surface area contributed by atoms with Gasteiger partial charge in [0.05, 0.1) is 11.9 Å². The van der Waals surface area contributed by atoms with Crippen LogP contribution in [0.25, 0.3) is 34.0 Å². The summed E-state index contributed by atoms with van der Waals surface area (Å²) in [7, 11) is 1.92. The highest BCUT2D eigenvalue weighted by molar-refractivity contribution is 5.72. The predicted molar refractivity (Wildman–Crippen MR) is 123 cm³/mol. The van der Waals surface area contributed by atoms with Crippen LogP contribution in [0.3, 0.4) is 0 Å². The number of rotatable bonds is 7. The van der Waals surface area contributed by atoms with Gasteiger partial charge in [0.25, 0.3) is 5.56 Å². The minimum Gasteiger partial charge on any atom is -0.382 e. The maximum absolute atomic E-state index is 12.2. The number of benzene rings is 1. The molecule has 8 heteroatoms. The lowest BCUT2D eigenvalue weighted by atomic mass is 10.1. The molecule has 1 saturated carbocycles. The second-order valence-corrected chi connectivity index (χ2v) is 8.14. The van der Waals surface area contributed by atoms with E-state index < -0.39 is 0 Å². The Morgan fingerprint density at radius 2 is 1.91 bits per heavy atom. The first-order valence-corrected chi connectivity index (χ1v) is 10.6. The molecule has 3 aromatic heterocycles. The lowest BCUT2D eigenvalue weighted by Crippen LogP contribution is -2.19. The number of anilines is 1. The van der Waals surface area contributed by atoms with Crippen molar-refractivity contribution in [3.8, 4) is 34.0 Å². The van der Waals surface area contributed by atoms with Gasteiger partial charge in [0.2, 0.25) is 0 Å². The summed E-state index contributed by atoms with van der Waals surface area (Å²) in [5, 5.41) is 7.32. The van der Waals surface area contributed by atoms with Gasteiger partial charge < -0.3 is 20.1 Å². The van der Waals surface area contributed by atoms with E-state index in [4.69, 9.17) is 10.3 Å². The fourth-order valence-corrected chi connectivity index (χ4v) is 3.64. The van der Waals surface area contributed by atoms with Gasteiger partial charge in [-0.15, -0.1) is 0 Å². The molecule has 0 bridgehead atoms. The molecule has 1 aromatic carbocycles. The highest BCUT2D eigenvalue weighted by Gasteiger charge is 2.22. The summed E-state index contributed by atoms with van der Waals surface area (Å²) in [4.78, 5) is 21.2. The molecule has 162 valence electrons. The first-order chi connectivity index (χ1) is 15.6. The van der Waals surface area contributed by atoms with Crippen molar-refractivity contribution >= 4 is 5.82 Å². The smallest absolute Gasteiger partial charge is 0.250 e. The van der Waals surface area contributed by atoms with Crippen LogP contribution < -0.4 is 16.6 Å². The number of nitrogens with two attached hydrogens (primary N) is 1. The molecule has 3 N–H and O–H groups in total. The lowest BCUT2D eigenvalue weighted by Gasteiger charge is -2.08. The Balaban J connectivity index is 1.45. The Hall–Kier alpha value is -3.78. The van der Waals surface area contributed by atoms with Crippen molar-refractivity contribution in [1.82, 2.24) is 25.0 Å². The van der Waals surface area contributed by atoms with Crippen LogP contribution in [0.4, 0.5) is 5.82 Å². The molecule has 0 atom stereocenters. The van der Waals surface area contributed by atoms with E-state index in [0.29, 0.717) is 28.8 Å². The van der Waals surface area contributed by atoms with Crippen molar-refractivity contribution in [3.05, 3.63) is 70.8 Å². The van der Waals surface area contributed by atoms with Crippen molar-refractivity contribution < 1.29 is 4.52 Å². The molecule has 1 aliphatic rings. The van der Waals surface area contributed by atoms with Crippen molar-refractivity contribution in [1.29, 1.82) is 0 Å². The summed E-state index contributed by atoms with van der Waals surface area (Å²) in [5.74, 6) is 1.29. The van der Waals surface area contributed by atoms with Crippen LogP contribution in [0.1, 0.15) is 18.4 Å². The summed E-state index contributed by atoms with van der Waals surface area (Å²) in [6, 6.07) is 13.2. The van der Waals surface area contributed by atoms with E-state index in [-0.39, 0.29) is 11.4 Å². The quantitative estimate of drug-likeness (QED) is 0.464. The highest BCUT2D eigenvalue weighted by atomic mass is 16.5. The number of pyridine rings is 1. The summed E-state index contributed by atoms with van der Waals surface area (Å²) in [6.07, 6.45) is 5.80. The minimum absolute atomic E-state index is 0.00936. The third kappa shape index (κ3) is 4.17. The van der Waals surface area contributed by atoms with Gasteiger partial charge >= 0.3 is 0 Å². The summed E-state index contributed by atoms with van der Waals surface area (Å²) >= 11 is 0. The van der Waals surface area contributed by atoms with Gasteiger partial charge in [0, 0.05) is 42.5 Å². The molecule has 0 unspecified atom stereocenters. The maximum atomic E-state index is 12.2. The van der Waals surface area contributed by atoms with Crippen LogP contribution in [0.15, 0.2) is 64.2 Å². The van der Waals surface area contributed by atoms with Gasteiger partial charge in [-0.25, -0.2) is 9.97 Å². The third-order valence-electron chi connectivity index (χ3n) is 5.61. The molecular formula is C24H24N6O2. The zero-order chi connectivity index (χ0) is 22.1. The molecule has 0 amide bonds. The number of aromatic nitrogens is 4. The minimum atomic E-state index is -0.00936. The fourth-order valence-electron chi connectivity index (χ4n) is 3.64.